The van der Waals surface area contributed by atoms with Crippen molar-refractivity contribution in [3.63, 3.8) is 0 Å². The molecule has 11 heteroatoms. The zero-order valence-electron chi connectivity index (χ0n) is 13.9. The SMILES string of the molecule is O=C(C1=C(O)C(=O)N(c2nncs2)[C@H]1c1ccc([N+](=O)[O-])cc1)c1cccs1. The van der Waals surface area contributed by atoms with E-state index in [1.54, 1.807) is 17.5 Å². The molecular weight excluding hydrogens is 404 g/mol. The maximum atomic E-state index is 13.0. The average Bonchev–Trinajstić information content (AvgIpc) is 3.43. The highest BCUT2D eigenvalue weighted by Gasteiger charge is 2.46. The molecule has 1 N–H and O–H groups in total. The van der Waals surface area contributed by atoms with Crippen molar-refractivity contribution in [1.29, 1.82) is 0 Å². The molecular formula is C17H10N4O5S2. The van der Waals surface area contributed by atoms with Gasteiger partial charge >= 0.3 is 0 Å². The smallest absolute Gasteiger partial charge is 0.296 e. The Balaban J connectivity index is 1.86. The second-order valence-electron chi connectivity index (χ2n) is 5.72. The number of ketones is 1. The maximum Gasteiger partial charge on any atom is 0.296 e. The Kier molecular flexibility index (Phi) is 4.45. The van der Waals surface area contributed by atoms with Crippen molar-refractivity contribution in [2.45, 2.75) is 6.04 Å². The molecule has 0 saturated carbocycles. The monoisotopic (exact) mass is 414 g/mol. The molecule has 1 aliphatic heterocycles. The quantitative estimate of drug-likeness (QED) is 0.385. The number of nitrogens with zero attached hydrogens (tertiary/aromatic N) is 4. The predicted octanol–water partition coefficient (Wildman–Crippen LogP) is 3.29. The molecule has 2 aromatic heterocycles. The third kappa shape index (κ3) is 2.86. The molecule has 9 nitrogen and oxygen atoms in total. The summed E-state index contributed by atoms with van der Waals surface area (Å²) in [5.41, 5.74) is 1.62. The number of amides is 1. The summed E-state index contributed by atoms with van der Waals surface area (Å²) >= 11 is 2.26. The molecule has 3 aromatic rings. The van der Waals surface area contributed by atoms with Gasteiger partial charge < -0.3 is 5.11 Å². The number of aliphatic hydroxyl groups is 1. The van der Waals surface area contributed by atoms with E-state index in [-0.39, 0.29) is 16.4 Å². The predicted molar refractivity (Wildman–Crippen MR) is 102 cm³/mol. The van der Waals surface area contributed by atoms with Crippen LogP contribution in [0.5, 0.6) is 0 Å². The van der Waals surface area contributed by atoms with E-state index in [0.29, 0.717) is 10.4 Å². The van der Waals surface area contributed by atoms with Crippen LogP contribution in [0.25, 0.3) is 0 Å². The topological polar surface area (TPSA) is 127 Å². The second kappa shape index (κ2) is 6.94. The van der Waals surface area contributed by atoms with Crippen molar-refractivity contribution in [2.24, 2.45) is 0 Å². The second-order valence-corrected chi connectivity index (χ2v) is 7.48. The van der Waals surface area contributed by atoms with Crippen molar-refractivity contribution in [2.75, 3.05) is 4.90 Å². The number of aromatic nitrogens is 2. The first kappa shape index (κ1) is 17.9. The minimum atomic E-state index is -0.976. The van der Waals surface area contributed by atoms with Gasteiger partial charge in [-0.2, -0.15) is 0 Å². The Labute approximate surface area is 165 Å². The van der Waals surface area contributed by atoms with E-state index >= 15 is 0 Å². The third-order valence-corrected chi connectivity index (χ3v) is 5.73. The number of carbonyl (C=O) groups excluding carboxylic acids is 2. The summed E-state index contributed by atoms with van der Waals surface area (Å²) in [4.78, 5) is 37.7. The van der Waals surface area contributed by atoms with Crippen LogP contribution in [0.3, 0.4) is 0 Å². The van der Waals surface area contributed by atoms with Gasteiger partial charge in [0.2, 0.25) is 10.9 Å². The van der Waals surface area contributed by atoms with Gasteiger partial charge in [-0.15, -0.1) is 21.5 Å². The zero-order valence-corrected chi connectivity index (χ0v) is 15.5. The summed E-state index contributed by atoms with van der Waals surface area (Å²) in [5, 5.41) is 30.9. The fraction of sp³-hybridized carbons (Fsp3) is 0.0588. The molecule has 1 aromatic carbocycles. The average molecular weight is 414 g/mol. The molecule has 0 fully saturated rings. The third-order valence-electron chi connectivity index (χ3n) is 4.17. The van der Waals surface area contributed by atoms with Gasteiger partial charge in [0.05, 0.1) is 21.4 Å². The summed E-state index contributed by atoms with van der Waals surface area (Å²) < 4.78 is 0. The standard InChI is InChI=1S/C17H10N4O5S2/c22-14(11-2-1-7-27-11)12-13(9-3-5-10(6-4-9)21(25)26)20(16(24)15(12)23)17-19-18-8-28-17/h1-8,13,23H/t13-/m0/s1. The highest BCUT2D eigenvalue weighted by atomic mass is 32.1. The number of nitro groups is 1. The molecule has 1 atom stereocenters. The van der Waals surface area contributed by atoms with Crippen molar-refractivity contribution in [3.8, 4) is 0 Å². The lowest BCUT2D eigenvalue weighted by Gasteiger charge is -2.23. The van der Waals surface area contributed by atoms with Crippen LogP contribution < -0.4 is 4.90 Å². The van der Waals surface area contributed by atoms with Crippen molar-refractivity contribution in [3.05, 3.63) is 79.2 Å². The number of rotatable bonds is 5. The van der Waals surface area contributed by atoms with E-state index in [9.17, 15) is 24.8 Å². The van der Waals surface area contributed by atoms with E-state index in [1.807, 2.05) is 0 Å². The van der Waals surface area contributed by atoms with E-state index in [2.05, 4.69) is 10.2 Å². The van der Waals surface area contributed by atoms with E-state index in [0.717, 1.165) is 11.3 Å². The first-order chi connectivity index (χ1) is 13.5. The molecule has 1 amide bonds. The lowest BCUT2D eigenvalue weighted by molar-refractivity contribution is -0.384. The number of aliphatic hydroxyl groups excluding tert-OH is 1. The fourth-order valence-corrected chi connectivity index (χ4v) is 4.20. The van der Waals surface area contributed by atoms with Gasteiger partial charge in [0.15, 0.2) is 5.76 Å². The summed E-state index contributed by atoms with van der Waals surface area (Å²) in [5.74, 6) is -1.94. The number of nitro benzene ring substituents is 1. The molecule has 140 valence electrons. The summed E-state index contributed by atoms with van der Waals surface area (Å²) in [6.45, 7) is 0. The van der Waals surface area contributed by atoms with Crippen LogP contribution in [0.1, 0.15) is 21.3 Å². The number of carbonyl (C=O) groups is 2. The first-order valence-corrected chi connectivity index (χ1v) is 9.60. The summed E-state index contributed by atoms with van der Waals surface area (Å²) in [6.07, 6.45) is 0. The number of thiophene rings is 1. The molecule has 0 spiro atoms. The minimum Gasteiger partial charge on any atom is -0.503 e. The van der Waals surface area contributed by atoms with Crippen molar-refractivity contribution in [1.82, 2.24) is 10.2 Å². The van der Waals surface area contributed by atoms with Crippen LogP contribution in [0, 0.1) is 10.1 Å². The molecule has 28 heavy (non-hydrogen) atoms. The van der Waals surface area contributed by atoms with Gasteiger partial charge in [0, 0.05) is 12.1 Å². The number of hydrogen-bond donors (Lipinski definition) is 1. The number of non-ortho nitro benzene ring substituents is 1. The normalized spacial score (nSPS) is 16.6. The van der Waals surface area contributed by atoms with Crippen LogP contribution in [0.2, 0.25) is 0 Å². The van der Waals surface area contributed by atoms with Gasteiger partial charge in [-0.25, -0.2) is 0 Å². The van der Waals surface area contributed by atoms with Gasteiger partial charge in [-0.1, -0.05) is 17.4 Å². The first-order valence-electron chi connectivity index (χ1n) is 7.84. The summed E-state index contributed by atoms with van der Waals surface area (Å²) in [6, 6.07) is 7.76. The largest absolute Gasteiger partial charge is 0.503 e. The Morgan fingerprint density at radius 2 is 1.96 bits per heavy atom. The molecule has 3 heterocycles. The number of Topliss-reactive ketones (excluding diaryl/α,β-unsaturated/α-hetero) is 1. The van der Waals surface area contributed by atoms with Gasteiger partial charge in [0.1, 0.15) is 5.51 Å². The van der Waals surface area contributed by atoms with E-state index in [1.165, 1.54) is 46.0 Å². The molecule has 0 aliphatic carbocycles. The van der Waals surface area contributed by atoms with Crippen LogP contribution in [0.4, 0.5) is 10.8 Å². The van der Waals surface area contributed by atoms with E-state index < -0.39 is 28.4 Å². The van der Waals surface area contributed by atoms with Crippen molar-refractivity contribution >= 4 is 45.2 Å². The van der Waals surface area contributed by atoms with Crippen LogP contribution in [0.15, 0.2) is 58.6 Å². The Bertz CT molecular complexity index is 1090. The molecule has 1 aliphatic rings. The van der Waals surface area contributed by atoms with Gasteiger partial charge in [-0.3, -0.25) is 24.6 Å². The molecule has 0 bridgehead atoms. The summed E-state index contributed by atoms with van der Waals surface area (Å²) in [7, 11) is 0. The minimum absolute atomic E-state index is 0.100. The highest BCUT2D eigenvalue weighted by Crippen LogP contribution is 2.42. The van der Waals surface area contributed by atoms with E-state index in [4.69, 9.17) is 0 Å². The highest BCUT2D eigenvalue weighted by molar-refractivity contribution is 7.13. The molecule has 4 rings (SSSR count). The fourth-order valence-electron chi connectivity index (χ4n) is 2.94. The van der Waals surface area contributed by atoms with Crippen LogP contribution >= 0.6 is 22.7 Å². The van der Waals surface area contributed by atoms with Crippen molar-refractivity contribution < 1.29 is 19.6 Å². The Morgan fingerprint density at radius 3 is 2.54 bits per heavy atom. The Hall–Kier alpha value is -3.44. The lowest BCUT2D eigenvalue weighted by Crippen LogP contribution is -2.31. The van der Waals surface area contributed by atoms with Crippen LogP contribution in [-0.4, -0.2) is 31.9 Å². The number of anilines is 1. The number of hydrogen-bond acceptors (Lipinski definition) is 9. The molecule has 0 unspecified atom stereocenters. The van der Waals surface area contributed by atoms with Gasteiger partial charge in [-0.05, 0) is 29.1 Å². The lowest BCUT2D eigenvalue weighted by atomic mass is 9.95. The Morgan fingerprint density at radius 1 is 1.21 bits per heavy atom. The van der Waals surface area contributed by atoms with Gasteiger partial charge in [0.25, 0.3) is 11.6 Å². The zero-order chi connectivity index (χ0) is 19.8. The molecule has 0 saturated heterocycles. The number of benzene rings is 1. The molecule has 0 radical (unpaired) electrons. The maximum absolute atomic E-state index is 13.0. The van der Waals surface area contributed by atoms with Crippen LogP contribution in [-0.2, 0) is 4.79 Å².